The lowest BCUT2D eigenvalue weighted by atomic mass is 10.2. The van der Waals surface area contributed by atoms with Gasteiger partial charge in [0.25, 0.3) is 0 Å². The molecule has 0 saturated carbocycles. The predicted octanol–water partition coefficient (Wildman–Crippen LogP) is 3.40. The largest absolute Gasteiger partial charge is 0.461 e. The Morgan fingerprint density at radius 3 is 2.11 bits per heavy atom. The van der Waals surface area contributed by atoms with Crippen molar-refractivity contribution >= 4 is 5.97 Å². The minimum absolute atomic E-state index is 0.284. The highest BCUT2D eigenvalue weighted by atomic mass is 16.5. The molecule has 106 valence electrons. The third-order valence-corrected chi connectivity index (χ3v) is 3.03. The third-order valence-electron chi connectivity index (χ3n) is 3.03. The van der Waals surface area contributed by atoms with E-state index in [0.717, 1.165) is 13.1 Å². The van der Waals surface area contributed by atoms with Crippen molar-refractivity contribution < 1.29 is 9.53 Å². The topological polar surface area (TPSA) is 29.5 Å². The van der Waals surface area contributed by atoms with Gasteiger partial charge in [0.1, 0.15) is 6.61 Å². The monoisotopic (exact) mass is 255 g/mol. The molecule has 1 atom stereocenters. The number of carbonyl (C=O) groups excluding carboxylic acids is 1. The first kappa shape index (κ1) is 17.2. The number of esters is 1. The number of nitrogens with zero attached hydrogens (tertiary/aromatic N) is 1. The molecule has 0 bridgehead atoms. The fourth-order valence-electron chi connectivity index (χ4n) is 1.70. The Bertz CT molecular complexity index is 243. The standard InChI is InChI=1S/C15H29NO2/c1-6-8-10-16(11-9-7-2)14(5)12-18-15(17)13(3)4/h14H,3,6-12H2,1-2,4-5H3. The minimum atomic E-state index is -0.284. The molecular formula is C15H29NO2. The lowest BCUT2D eigenvalue weighted by Gasteiger charge is -2.28. The second-order valence-electron chi connectivity index (χ2n) is 4.97. The summed E-state index contributed by atoms with van der Waals surface area (Å²) in [5.41, 5.74) is 0.468. The Labute approximate surface area is 112 Å². The average Bonchev–Trinajstić information content (AvgIpc) is 2.35. The highest BCUT2D eigenvalue weighted by molar-refractivity contribution is 5.86. The lowest BCUT2D eigenvalue weighted by Crippen LogP contribution is -2.38. The molecule has 3 heteroatoms. The Hall–Kier alpha value is -0.830. The van der Waals surface area contributed by atoms with Crippen molar-refractivity contribution in [2.45, 2.75) is 59.4 Å². The fourth-order valence-corrected chi connectivity index (χ4v) is 1.70. The zero-order valence-corrected chi connectivity index (χ0v) is 12.5. The van der Waals surface area contributed by atoms with E-state index in [4.69, 9.17) is 4.74 Å². The van der Waals surface area contributed by atoms with Crippen molar-refractivity contribution in [2.75, 3.05) is 19.7 Å². The average molecular weight is 255 g/mol. The van der Waals surface area contributed by atoms with Crippen LogP contribution in [0.4, 0.5) is 0 Å². The molecule has 0 aliphatic carbocycles. The quantitative estimate of drug-likeness (QED) is 0.442. The summed E-state index contributed by atoms with van der Waals surface area (Å²) in [6.07, 6.45) is 4.78. The minimum Gasteiger partial charge on any atom is -0.461 e. The van der Waals surface area contributed by atoms with E-state index in [2.05, 4.69) is 32.3 Å². The van der Waals surface area contributed by atoms with Gasteiger partial charge in [-0.25, -0.2) is 4.79 Å². The van der Waals surface area contributed by atoms with E-state index < -0.39 is 0 Å². The van der Waals surface area contributed by atoms with Crippen LogP contribution in [0.3, 0.4) is 0 Å². The van der Waals surface area contributed by atoms with E-state index >= 15 is 0 Å². The summed E-state index contributed by atoms with van der Waals surface area (Å²) in [6.45, 7) is 14.4. The molecule has 0 radical (unpaired) electrons. The van der Waals surface area contributed by atoms with E-state index in [9.17, 15) is 4.79 Å². The molecule has 0 amide bonds. The first-order chi connectivity index (χ1) is 8.52. The van der Waals surface area contributed by atoms with Gasteiger partial charge in [0.15, 0.2) is 0 Å². The van der Waals surface area contributed by atoms with Crippen molar-refractivity contribution in [3.8, 4) is 0 Å². The number of carbonyl (C=O) groups is 1. The van der Waals surface area contributed by atoms with Crippen LogP contribution >= 0.6 is 0 Å². The van der Waals surface area contributed by atoms with Crippen LogP contribution in [0.5, 0.6) is 0 Å². The third kappa shape index (κ3) is 7.49. The van der Waals surface area contributed by atoms with Gasteiger partial charge >= 0.3 is 5.97 Å². The molecular weight excluding hydrogens is 226 g/mol. The Kier molecular flexibility index (Phi) is 9.66. The maximum absolute atomic E-state index is 11.4. The van der Waals surface area contributed by atoms with Crippen LogP contribution in [0.2, 0.25) is 0 Å². The van der Waals surface area contributed by atoms with Gasteiger partial charge in [0.05, 0.1) is 0 Å². The van der Waals surface area contributed by atoms with Crippen molar-refractivity contribution in [3.05, 3.63) is 12.2 Å². The van der Waals surface area contributed by atoms with Crippen LogP contribution in [-0.2, 0) is 9.53 Å². The molecule has 0 heterocycles. The fraction of sp³-hybridized carbons (Fsp3) is 0.800. The number of ether oxygens (including phenoxy) is 1. The first-order valence-corrected chi connectivity index (χ1v) is 7.09. The summed E-state index contributed by atoms with van der Waals surface area (Å²) >= 11 is 0. The first-order valence-electron chi connectivity index (χ1n) is 7.09. The number of rotatable bonds is 10. The van der Waals surface area contributed by atoms with Crippen molar-refractivity contribution in [2.24, 2.45) is 0 Å². The van der Waals surface area contributed by atoms with E-state index in [1.807, 2.05) is 0 Å². The van der Waals surface area contributed by atoms with E-state index in [1.165, 1.54) is 25.7 Å². The van der Waals surface area contributed by atoms with Gasteiger partial charge in [-0.1, -0.05) is 33.3 Å². The number of unbranched alkanes of at least 4 members (excludes halogenated alkanes) is 2. The Morgan fingerprint density at radius 1 is 1.22 bits per heavy atom. The van der Waals surface area contributed by atoms with Gasteiger partial charge in [-0.2, -0.15) is 0 Å². The van der Waals surface area contributed by atoms with E-state index in [0.29, 0.717) is 12.2 Å². The van der Waals surface area contributed by atoms with Gasteiger partial charge in [0.2, 0.25) is 0 Å². The van der Waals surface area contributed by atoms with E-state index in [-0.39, 0.29) is 12.0 Å². The van der Waals surface area contributed by atoms with Crippen LogP contribution in [-0.4, -0.2) is 36.6 Å². The van der Waals surface area contributed by atoms with Crippen molar-refractivity contribution in [1.29, 1.82) is 0 Å². The maximum Gasteiger partial charge on any atom is 0.333 e. The smallest absolute Gasteiger partial charge is 0.333 e. The molecule has 18 heavy (non-hydrogen) atoms. The highest BCUT2D eigenvalue weighted by Gasteiger charge is 2.15. The van der Waals surface area contributed by atoms with Crippen LogP contribution < -0.4 is 0 Å². The summed E-state index contributed by atoms with van der Waals surface area (Å²) in [5.74, 6) is -0.284. The van der Waals surface area contributed by atoms with Crippen LogP contribution in [0.25, 0.3) is 0 Å². The molecule has 1 unspecified atom stereocenters. The van der Waals surface area contributed by atoms with Crippen molar-refractivity contribution in [1.82, 2.24) is 4.90 Å². The molecule has 0 aromatic rings. The molecule has 0 saturated heterocycles. The Balaban J connectivity index is 4.13. The normalized spacial score (nSPS) is 12.5. The molecule has 0 spiro atoms. The molecule has 0 aromatic heterocycles. The highest BCUT2D eigenvalue weighted by Crippen LogP contribution is 2.06. The van der Waals surface area contributed by atoms with Crippen LogP contribution in [0.1, 0.15) is 53.4 Å². The lowest BCUT2D eigenvalue weighted by molar-refractivity contribution is -0.140. The van der Waals surface area contributed by atoms with Gasteiger partial charge in [-0.05, 0) is 39.8 Å². The predicted molar refractivity (Wildman–Crippen MR) is 76.6 cm³/mol. The van der Waals surface area contributed by atoms with Gasteiger partial charge < -0.3 is 4.74 Å². The molecule has 0 N–H and O–H groups in total. The van der Waals surface area contributed by atoms with E-state index in [1.54, 1.807) is 6.92 Å². The zero-order chi connectivity index (χ0) is 14.0. The SMILES string of the molecule is C=C(C)C(=O)OCC(C)N(CCCC)CCCC. The summed E-state index contributed by atoms with van der Waals surface area (Å²) in [6, 6.07) is 0.284. The van der Waals surface area contributed by atoms with Gasteiger partial charge in [-0.15, -0.1) is 0 Å². The second-order valence-corrected chi connectivity index (χ2v) is 4.97. The second kappa shape index (κ2) is 10.1. The van der Waals surface area contributed by atoms with Gasteiger partial charge in [-0.3, -0.25) is 4.90 Å². The summed E-state index contributed by atoms with van der Waals surface area (Å²) < 4.78 is 5.23. The molecule has 0 aliphatic rings. The number of hydrogen-bond donors (Lipinski definition) is 0. The van der Waals surface area contributed by atoms with Gasteiger partial charge in [0, 0.05) is 11.6 Å². The van der Waals surface area contributed by atoms with Crippen molar-refractivity contribution in [3.63, 3.8) is 0 Å². The summed E-state index contributed by atoms with van der Waals surface area (Å²) in [7, 11) is 0. The summed E-state index contributed by atoms with van der Waals surface area (Å²) in [5, 5.41) is 0. The summed E-state index contributed by atoms with van der Waals surface area (Å²) in [4.78, 5) is 13.8. The Morgan fingerprint density at radius 2 is 1.72 bits per heavy atom. The zero-order valence-electron chi connectivity index (χ0n) is 12.5. The molecule has 0 aliphatic heterocycles. The van der Waals surface area contributed by atoms with Crippen LogP contribution in [0, 0.1) is 0 Å². The number of hydrogen-bond acceptors (Lipinski definition) is 3. The molecule has 3 nitrogen and oxygen atoms in total. The maximum atomic E-state index is 11.4. The van der Waals surface area contributed by atoms with Crippen LogP contribution in [0.15, 0.2) is 12.2 Å². The molecule has 0 fully saturated rings. The molecule has 0 rings (SSSR count). The molecule has 0 aromatic carbocycles.